The summed E-state index contributed by atoms with van der Waals surface area (Å²) < 4.78 is 27.6. The van der Waals surface area contributed by atoms with Crippen molar-refractivity contribution in [2.45, 2.75) is 75.6 Å². The quantitative estimate of drug-likeness (QED) is 0.776. The predicted molar refractivity (Wildman–Crippen MR) is 117 cm³/mol. The van der Waals surface area contributed by atoms with Crippen LogP contribution in [-0.4, -0.2) is 37.8 Å². The number of rotatable bonds is 5. The molecule has 1 aliphatic carbocycles. The Labute approximate surface area is 178 Å². The molecule has 1 saturated heterocycles. The van der Waals surface area contributed by atoms with Crippen LogP contribution < -0.4 is 5.32 Å². The fourth-order valence-corrected chi connectivity index (χ4v) is 5.76. The van der Waals surface area contributed by atoms with Gasteiger partial charge in [0.25, 0.3) is 0 Å². The summed E-state index contributed by atoms with van der Waals surface area (Å²) in [5.41, 5.74) is 1.04. The van der Waals surface area contributed by atoms with Crippen molar-refractivity contribution in [2.24, 2.45) is 0 Å². The number of benzene rings is 1. The lowest BCUT2D eigenvalue weighted by Crippen LogP contribution is -2.44. The van der Waals surface area contributed by atoms with E-state index in [0.29, 0.717) is 18.0 Å². The van der Waals surface area contributed by atoms with Gasteiger partial charge in [-0.25, -0.2) is 8.42 Å². The lowest BCUT2D eigenvalue weighted by Gasteiger charge is -2.25. The van der Waals surface area contributed by atoms with Gasteiger partial charge in [-0.1, -0.05) is 64.7 Å². The predicted octanol–water partition coefficient (Wildman–Crippen LogP) is 4.24. The van der Waals surface area contributed by atoms with Crippen molar-refractivity contribution in [3.05, 3.63) is 50.6 Å². The van der Waals surface area contributed by atoms with Crippen LogP contribution in [0, 0.1) is 27.7 Å². The number of carbonyl (C=O) groups excluding carboxylic acids is 1. The zero-order chi connectivity index (χ0) is 19.3. The van der Waals surface area contributed by atoms with Gasteiger partial charge in [0.15, 0.2) is 0 Å². The molecular weight excluding hydrogens is 384 g/mol. The standard InChI is InChI=1S/C21H31N2O3S.2CH2/c1-17-11-13-20(14-12-17)27(25,26)23-15-7-10-19(23)16-22-21(24)18-8-5-3-2-4-6-9-18;;/h11-14,19H,2-10,15-16H2,1H3,(H,22,24);2*1H2. The van der Waals surface area contributed by atoms with Gasteiger partial charge in [0, 0.05) is 19.1 Å². The van der Waals surface area contributed by atoms with Crippen LogP contribution in [0.2, 0.25) is 0 Å². The highest BCUT2D eigenvalue weighted by Crippen LogP contribution is 2.27. The molecule has 0 aromatic heterocycles. The third-order valence-corrected chi connectivity index (χ3v) is 7.69. The number of aryl methyl sites for hydroxylation is 1. The van der Waals surface area contributed by atoms with E-state index in [4.69, 9.17) is 0 Å². The van der Waals surface area contributed by atoms with E-state index >= 15 is 0 Å². The number of amides is 1. The second kappa shape index (κ2) is 11.7. The van der Waals surface area contributed by atoms with Gasteiger partial charge in [-0.3, -0.25) is 4.79 Å². The highest BCUT2D eigenvalue weighted by molar-refractivity contribution is 7.89. The topological polar surface area (TPSA) is 66.5 Å². The van der Waals surface area contributed by atoms with Crippen LogP contribution in [0.4, 0.5) is 0 Å². The maximum Gasteiger partial charge on any atom is 0.243 e. The minimum atomic E-state index is -3.51. The van der Waals surface area contributed by atoms with Crippen LogP contribution in [0.15, 0.2) is 29.2 Å². The Morgan fingerprint density at radius 3 is 2.21 bits per heavy atom. The van der Waals surface area contributed by atoms with Crippen molar-refractivity contribution < 1.29 is 13.2 Å². The van der Waals surface area contributed by atoms with Crippen LogP contribution in [0.1, 0.15) is 63.4 Å². The van der Waals surface area contributed by atoms with Crippen LogP contribution in [-0.2, 0) is 14.8 Å². The van der Waals surface area contributed by atoms with Gasteiger partial charge in [0.05, 0.1) is 10.8 Å². The first kappa shape index (κ1) is 25.6. The van der Waals surface area contributed by atoms with E-state index in [1.54, 1.807) is 16.4 Å². The first-order valence-corrected chi connectivity index (χ1v) is 11.6. The summed E-state index contributed by atoms with van der Waals surface area (Å²) in [5, 5.41) is 3.02. The molecule has 29 heavy (non-hydrogen) atoms. The zero-order valence-corrected chi connectivity index (χ0v) is 18.5. The number of hydrogen-bond acceptors (Lipinski definition) is 3. The summed E-state index contributed by atoms with van der Waals surface area (Å²) in [7, 11) is -3.51. The highest BCUT2D eigenvalue weighted by Gasteiger charge is 2.35. The van der Waals surface area contributed by atoms with Gasteiger partial charge < -0.3 is 5.32 Å². The Morgan fingerprint density at radius 1 is 1.00 bits per heavy atom. The van der Waals surface area contributed by atoms with E-state index in [2.05, 4.69) is 5.32 Å². The molecule has 1 N–H and O–H groups in total. The maximum atomic E-state index is 13.0. The van der Waals surface area contributed by atoms with Gasteiger partial charge >= 0.3 is 0 Å². The molecule has 6 heteroatoms. The molecule has 5 radical (unpaired) electrons. The molecule has 1 unspecified atom stereocenters. The van der Waals surface area contributed by atoms with Crippen molar-refractivity contribution in [1.82, 2.24) is 9.62 Å². The van der Waals surface area contributed by atoms with Gasteiger partial charge in [0.1, 0.15) is 0 Å². The lowest BCUT2D eigenvalue weighted by atomic mass is 9.90. The smallest absolute Gasteiger partial charge is 0.243 e. The second-order valence-electron chi connectivity index (χ2n) is 7.81. The average molecular weight is 420 g/mol. The van der Waals surface area contributed by atoms with E-state index in [9.17, 15) is 13.2 Å². The summed E-state index contributed by atoms with van der Waals surface area (Å²) in [6.07, 6.45) is 9.21. The van der Waals surface area contributed by atoms with E-state index in [1.807, 2.05) is 19.1 Å². The molecule has 5 nitrogen and oxygen atoms in total. The van der Waals surface area contributed by atoms with E-state index in [0.717, 1.165) is 50.0 Å². The summed E-state index contributed by atoms with van der Waals surface area (Å²) in [5.74, 6) is 1.01. The van der Waals surface area contributed by atoms with Crippen LogP contribution in [0.3, 0.4) is 0 Å². The second-order valence-corrected chi connectivity index (χ2v) is 9.70. The third-order valence-electron chi connectivity index (χ3n) is 5.73. The minimum Gasteiger partial charge on any atom is -0.354 e. The summed E-state index contributed by atoms with van der Waals surface area (Å²) >= 11 is 0. The molecule has 2 fully saturated rings. The monoisotopic (exact) mass is 419 g/mol. The molecule has 2 aliphatic rings. The van der Waals surface area contributed by atoms with Crippen molar-refractivity contribution in [3.8, 4) is 0 Å². The van der Waals surface area contributed by atoms with Crippen molar-refractivity contribution in [2.75, 3.05) is 13.1 Å². The van der Waals surface area contributed by atoms with Crippen molar-refractivity contribution in [1.29, 1.82) is 0 Å². The molecule has 1 aromatic rings. The molecule has 1 atom stereocenters. The number of nitrogens with zero attached hydrogens (tertiary/aromatic N) is 1. The number of hydrogen-bond donors (Lipinski definition) is 1. The molecule has 161 valence electrons. The first-order valence-electron chi connectivity index (χ1n) is 10.2. The van der Waals surface area contributed by atoms with Gasteiger partial charge in [-0.15, -0.1) is 0 Å². The molecule has 1 aliphatic heterocycles. The molecule has 1 heterocycles. The number of nitrogens with one attached hydrogen (secondary N) is 1. The Balaban J connectivity index is 0.00000210. The lowest BCUT2D eigenvalue weighted by molar-refractivity contribution is -0.120. The normalized spacial score (nSPS) is 21.3. The third kappa shape index (κ3) is 6.54. The summed E-state index contributed by atoms with van der Waals surface area (Å²) in [6, 6.07) is 6.83. The van der Waals surface area contributed by atoms with E-state index in [-0.39, 0.29) is 26.8 Å². The molecule has 3 rings (SSSR count). The fourth-order valence-electron chi connectivity index (χ4n) is 4.07. The fraction of sp³-hybridized carbons (Fsp3) is 0.565. The summed E-state index contributed by atoms with van der Waals surface area (Å²) in [4.78, 5) is 12.9. The van der Waals surface area contributed by atoms with Crippen LogP contribution >= 0.6 is 0 Å². The molecular formula is C23H35N2O3S. The van der Waals surface area contributed by atoms with E-state index in [1.165, 1.54) is 19.3 Å². The largest absolute Gasteiger partial charge is 0.354 e. The SMILES string of the molecule is Cc1ccc(S(=O)(=O)N2CCCC2CNC(=O)[C]2CCCCCCC2)cc1.[CH2].[CH2]. The molecule has 0 spiro atoms. The highest BCUT2D eigenvalue weighted by atomic mass is 32.2. The van der Waals surface area contributed by atoms with Crippen LogP contribution in [0.25, 0.3) is 0 Å². The Hall–Kier alpha value is -1.40. The molecule has 0 bridgehead atoms. The molecule has 1 amide bonds. The average Bonchev–Trinajstić information content (AvgIpc) is 3.09. The van der Waals surface area contributed by atoms with Crippen molar-refractivity contribution >= 4 is 15.9 Å². The van der Waals surface area contributed by atoms with Crippen molar-refractivity contribution in [3.63, 3.8) is 0 Å². The Bertz CT molecular complexity index is 723. The first-order chi connectivity index (χ1) is 13.0. The number of carbonyl (C=O) groups is 1. The van der Waals surface area contributed by atoms with Gasteiger partial charge in [0.2, 0.25) is 15.9 Å². The maximum absolute atomic E-state index is 13.0. The summed E-state index contributed by atoms with van der Waals surface area (Å²) in [6.45, 7) is 2.86. The molecule has 1 aromatic carbocycles. The minimum absolute atomic E-state index is 0. The Morgan fingerprint density at radius 2 is 1.59 bits per heavy atom. The van der Waals surface area contributed by atoms with E-state index < -0.39 is 10.0 Å². The van der Waals surface area contributed by atoms with Gasteiger partial charge in [-0.2, -0.15) is 4.31 Å². The number of sulfonamides is 1. The zero-order valence-electron chi connectivity index (χ0n) is 17.7. The molecule has 1 saturated carbocycles. The Kier molecular flexibility index (Phi) is 10.3. The van der Waals surface area contributed by atoms with Gasteiger partial charge in [-0.05, 0) is 44.7 Å². The van der Waals surface area contributed by atoms with Crippen LogP contribution in [0.5, 0.6) is 0 Å².